The topological polar surface area (TPSA) is 52.3 Å². The average molecular weight is 295 g/mol. The molecule has 2 aromatic rings. The molecule has 0 aromatic heterocycles. The number of nitrogen functional groups attached to an aromatic ring is 1. The summed E-state index contributed by atoms with van der Waals surface area (Å²) in [7, 11) is 0. The molecule has 21 heavy (non-hydrogen) atoms. The summed E-state index contributed by atoms with van der Waals surface area (Å²) in [5.74, 6) is -0.618. The number of halogens is 3. The van der Waals surface area contributed by atoms with Crippen LogP contribution in [-0.4, -0.2) is 5.97 Å². The van der Waals surface area contributed by atoms with Gasteiger partial charge in [0.05, 0.1) is 11.1 Å². The maximum Gasteiger partial charge on any atom is 0.416 e. The van der Waals surface area contributed by atoms with Crippen LogP contribution >= 0.6 is 0 Å². The third-order valence-electron chi connectivity index (χ3n) is 2.77. The van der Waals surface area contributed by atoms with E-state index in [1.807, 2.05) is 0 Å². The molecule has 0 aliphatic heterocycles. The highest BCUT2D eigenvalue weighted by molar-refractivity contribution is 5.89. The predicted octanol–water partition coefficient (Wildman–Crippen LogP) is 3.64. The largest absolute Gasteiger partial charge is 0.457 e. The van der Waals surface area contributed by atoms with Crippen LogP contribution in [0.25, 0.3) is 0 Å². The fourth-order valence-corrected chi connectivity index (χ4v) is 1.69. The zero-order chi connectivity index (χ0) is 15.5. The smallest absolute Gasteiger partial charge is 0.416 e. The van der Waals surface area contributed by atoms with Crippen LogP contribution in [0.5, 0.6) is 0 Å². The van der Waals surface area contributed by atoms with Gasteiger partial charge in [0.15, 0.2) is 0 Å². The van der Waals surface area contributed by atoms with Crippen LogP contribution in [-0.2, 0) is 17.5 Å². The normalized spacial score (nSPS) is 11.2. The minimum Gasteiger partial charge on any atom is -0.457 e. The summed E-state index contributed by atoms with van der Waals surface area (Å²) in [6.45, 7) is -0.229. The maximum absolute atomic E-state index is 12.5. The van der Waals surface area contributed by atoms with Crippen molar-refractivity contribution in [3.8, 4) is 0 Å². The van der Waals surface area contributed by atoms with Crippen molar-refractivity contribution in [3.05, 3.63) is 65.2 Å². The molecule has 2 aromatic carbocycles. The monoisotopic (exact) mass is 295 g/mol. The third kappa shape index (κ3) is 3.98. The molecule has 0 saturated carbocycles. The minimum absolute atomic E-state index is 0.229. The molecule has 0 fully saturated rings. The van der Waals surface area contributed by atoms with Gasteiger partial charge in [-0.25, -0.2) is 4.79 Å². The third-order valence-corrected chi connectivity index (χ3v) is 2.77. The van der Waals surface area contributed by atoms with Gasteiger partial charge in [-0.15, -0.1) is 0 Å². The lowest BCUT2D eigenvalue weighted by molar-refractivity contribution is -0.137. The van der Waals surface area contributed by atoms with Crippen molar-refractivity contribution in [2.24, 2.45) is 0 Å². The molecule has 0 radical (unpaired) electrons. The van der Waals surface area contributed by atoms with Crippen molar-refractivity contribution in [2.75, 3.05) is 5.73 Å². The zero-order valence-electron chi connectivity index (χ0n) is 10.9. The van der Waals surface area contributed by atoms with Gasteiger partial charge in [0.25, 0.3) is 0 Å². The Morgan fingerprint density at radius 2 is 1.76 bits per heavy atom. The van der Waals surface area contributed by atoms with E-state index in [1.165, 1.54) is 24.3 Å². The summed E-state index contributed by atoms with van der Waals surface area (Å²) in [5, 5.41) is 0. The summed E-state index contributed by atoms with van der Waals surface area (Å²) in [4.78, 5) is 11.7. The number of rotatable bonds is 3. The van der Waals surface area contributed by atoms with Gasteiger partial charge in [0.2, 0.25) is 0 Å². The van der Waals surface area contributed by atoms with E-state index in [9.17, 15) is 18.0 Å². The predicted molar refractivity (Wildman–Crippen MR) is 71.4 cm³/mol. The lowest BCUT2D eigenvalue weighted by atomic mass is 10.1. The molecule has 0 unspecified atom stereocenters. The van der Waals surface area contributed by atoms with Gasteiger partial charge >= 0.3 is 12.1 Å². The highest BCUT2D eigenvalue weighted by atomic mass is 19.4. The maximum atomic E-state index is 12.5. The number of hydrogen-bond acceptors (Lipinski definition) is 3. The summed E-state index contributed by atoms with van der Waals surface area (Å²) in [6.07, 6.45) is -4.42. The van der Waals surface area contributed by atoms with Gasteiger partial charge in [0, 0.05) is 5.69 Å². The van der Waals surface area contributed by atoms with E-state index in [2.05, 4.69) is 0 Å². The van der Waals surface area contributed by atoms with Crippen LogP contribution in [0.15, 0.2) is 48.5 Å². The number of benzene rings is 2. The summed E-state index contributed by atoms with van der Waals surface area (Å²) < 4.78 is 42.6. The summed E-state index contributed by atoms with van der Waals surface area (Å²) >= 11 is 0. The van der Waals surface area contributed by atoms with Gasteiger partial charge in [0.1, 0.15) is 6.61 Å². The van der Waals surface area contributed by atoms with E-state index in [1.54, 1.807) is 12.1 Å². The standard InChI is InChI=1S/C15H12F3NO2/c16-15(17,18)12-3-1-2-10(8-12)9-21-14(20)11-4-6-13(19)7-5-11/h1-8H,9,19H2. The molecule has 0 saturated heterocycles. The molecule has 0 amide bonds. The molecular formula is C15H12F3NO2. The second kappa shape index (κ2) is 5.87. The molecule has 2 rings (SSSR count). The number of nitrogens with two attached hydrogens (primary N) is 1. The van der Waals surface area contributed by atoms with E-state index in [0.717, 1.165) is 12.1 Å². The molecule has 0 heterocycles. The first-order valence-electron chi connectivity index (χ1n) is 6.05. The number of ether oxygens (including phenoxy) is 1. The van der Waals surface area contributed by atoms with Crippen molar-refractivity contribution < 1.29 is 22.7 Å². The van der Waals surface area contributed by atoms with Gasteiger partial charge in [-0.3, -0.25) is 0 Å². The lowest BCUT2D eigenvalue weighted by Gasteiger charge is -2.09. The van der Waals surface area contributed by atoms with Crippen LogP contribution in [0.2, 0.25) is 0 Å². The molecule has 110 valence electrons. The quantitative estimate of drug-likeness (QED) is 0.694. The molecule has 0 atom stereocenters. The highest BCUT2D eigenvalue weighted by Crippen LogP contribution is 2.29. The Balaban J connectivity index is 2.03. The van der Waals surface area contributed by atoms with Gasteiger partial charge in [-0.2, -0.15) is 13.2 Å². The molecular weight excluding hydrogens is 283 g/mol. The molecule has 0 aliphatic rings. The first-order valence-corrected chi connectivity index (χ1v) is 6.05. The lowest BCUT2D eigenvalue weighted by Crippen LogP contribution is -2.08. The average Bonchev–Trinajstić information content (AvgIpc) is 2.45. The molecule has 0 bridgehead atoms. The van der Waals surface area contributed by atoms with Crippen molar-refractivity contribution in [1.29, 1.82) is 0 Å². The Labute approximate surface area is 119 Å². The second-order valence-corrected chi connectivity index (χ2v) is 4.40. The Kier molecular flexibility index (Phi) is 4.16. The van der Waals surface area contributed by atoms with Gasteiger partial charge in [-0.1, -0.05) is 12.1 Å². The number of esters is 1. The number of alkyl halides is 3. The fourth-order valence-electron chi connectivity index (χ4n) is 1.69. The first kappa shape index (κ1) is 14.9. The van der Waals surface area contributed by atoms with Crippen molar-refractivity contribution in [3.63, 3.8) is 0 Å². The minimum atomic E-state index is -4.42. The Bertz CT molecular complexity index is 636. The van der Waals surface area contributed by atoms with E-state index >= 15 is 0 Å². The van der Waals surface area contributed by atoms with Crippen molar-refractivity contribution in [1.82, 2.24) is 0 Å². The van der Waals surface area contributed by atoms with Crippen molar-refractivity contribution in [2.45, 2.75) is 12.8 Å². The first-order chi connectivity index (χ1) is 9.86. The number of hydrogen-bond donors (Lipinski definition) is 1. The SMILES string of the molecule is Nc1ccc(C(=O)OCc2cccc(C(F)(F)F)c2)cc1. The summed E-state index contributed by atoms with van der Waals surface area (Å²) in [6, 6.07) is 10.7. The second-order valence-electron chi connectivity index (χ2n) is 4.40. The Morgan fingerprint density at radius 1 is 1.10 bits per heavy atom. The number of carbonyl (C=O) groups excluding carboxylic acids is 1. The Morgan fingerprint density at radius 3 is 2.38 bits per heavy atom. The molecule has 6 heteroatoms. The number of anilines is 1. The van der Waals surface area contributed by atoms with Crippen LogP contribution in [0.4, 0.5) is 18.9 Å². The molecule has 2 N–H and O–H groups in total. The van der Waals surface area contributed by atoms with Crippen LogP contribution in [0.1, 0.15) is 21.5 Å². The Hall–Kier alpha value is -2.50. The highest BCUT2D eigenvalue weighted by Gasteiger charge is 2.30. The number of carbonyl (C=O) groups is 1. The van der Waals surface area contributed by atoms with E-state index in [4.69, 9.17) is 10.5 Å². The van der Waals surface area contributed by atoms with E-state index in [-0.39, 0.29) is 17.7 Å². The fraction of sp³-hybridized carbons (Fsp3) is 0.133. The molecule has 0 aliphatic carbocycles. The zero-order valence-corrected chi connectivity index (χ0v) is 10.9. The van der Waals surface area contributed by atoms with Crippen molar-refractivity contribution >= 4 is 11.7 Å². The summed E-state index contributed by atoms with van der Waals surface area (Å²) in [5.41, 5.74) is 5.78. The van der Waals surface area contributed by atoms with Gasteiger partial charge < -0.3 is 10.5 Å². The van der Waals surface area contributed by atoms with Crippen LogP contribution < -0.4 is 5.73 Å². The van der Waals surface area contributed by atoms with Crippen LogP contribution in [0, 0.1) is 0 Å². The van der Waals surface area contributed by atoms with Crippen LogP contribution in [0.3, 0.4) is 0 Å². The molecule has 3 nitrogen and oxygen atoms in total. The van der Waals surface area contributed by atoms with E-state index < -0.39 is 17.7 Å². The van der Waals surface area contributed by atoms with E-state index in [0.29, 0.717) is 5.69 Å². The van der Waals surface area contributed by atoms with Gasteiger partial charge in [-0.05, 0) is 42.0 Å². The molecule has 0 spiro atoms.